The van der Waals surface area contributed by atoms with Gasteiger partial charge in [0.05, 0.1) is 20.8 Å². The predicted molar refractivity (Wildman–Crippen MR) is 78.3 cm³/mol. The molecule has 3 rings (SSSR count). The van der Waals surface area contributed by atoms with Gasteiger partial charge in [0.15, 0.2) is 0 Å². The third kappa shape index (κ3) is 2.44. The van der Waals surface area contributed by atoms with E-state index in [-0.39, 0.29) is 20.0 Å². The number of rotatable bonds is 3. The zero-order valence-corrected chi connectivity index (χ0v) is 13.1. The molecule has 8 heteroatoms. The quantitative estimate of drug-likeness (QED) is 0.787. The molecule has 0 amide bonds. The van der Waals surface area contributed by atoms with Crippen LogP contribution in [-0.2, 0) is 10.0 Å². The summed E-state index contributed by atoms with van der Waals surface area (Å²) in [7, 11) is -3.86. The molecule has 1 heterocycles. The highest BCUT2D eigenvalue weighted by Crippen LogP contribution is 2.39. The average Bonchev–Trinajstić information content (AvgIpc) is 3.10. The summed E-state index contributed by atoms with van der Waals surface area (Å²) in [5.41, 5.74) is 0.782. The van der Waals surface area contributed by atoms with E-state index >= 15 is 0 Å². The van der Waals surface area contributed by atoms with Crippen LogP contribution >= 0.6 is 34.8 Å². The first-order valence-electron chi connectivity index (χ1n) is 5.85. The molecule has 0 N–H and O–H groups in total. The smallest absolute Gasteiger partial charge is 0.199 e. The van der Waals surface area contributed by atoms with Crippen LogP contribution in [0.4, 0.5) is 0 Å². The Balaban J connectivity index is 2.08. The van der Waals surface area contributed by atoms with Crippen LogP contribution in [0.1, 0.15) is 24.5 Å². The van der Waals surface area contributed by atoms with Crippen LogP contribution in [0.3, 0.4) is 0 Å². The molecule has 0 aliphatic heterocycles. The number of hydrogen-bond acceptors (Lipinski definition) is 3. The molecule has 0 spiro atoms. The molecule has 1 saturated carbocycles. The minimum absolute atomic E-state index is 0.0165. The second kappa shape index (κ2) is 4.91. The number of nitrogens with zero attached hydrogens (tertiary/aromatic N) is 2. The number of hydrogen-bond donors (Lipinski definition) is 0. The van der Waals surface area contributed by atoms with Crippen LogP contribution in [0.5, 0.6) is 0 Å². The molecule has 4 nitrogen and oxygen atoms in total. The standard InChI is InChI=1S/C12H9Cl3N2O2S/c13-8-5-10(15)12(6-9(8)14)20(18,19)17-4-3-11(16-17)7-1-2-7/h3-7H,1-2H2. The van der Waals surface area contributed by atoms with E-state index in [0.29, 0.717) is 5.92 Å². The summed E-state index contributed by atoms with van der Waals surface area (Å²) in [6, 6.07) is 4.25. The molecule has 0 saturated heterocycles. The lowest BCUT2D eigenvalue weighted by molar-refractivity contribution is 0.579. The van der Waals surface area contributed by atoms with Crippen molar-refractivity contribution in [1.82, 2.24) is 9.19 Å². The van der Waals surface area contributed by atoms with E-state index in [1.54, 1.807) is 6.07 Å². The van der Waals surface area contributed by atoms with Crippen molar-refractivity contribution < 1.29 is 8.42 Å². The lowest BCUT2D eigenvalue weighted by Gasteiger charge is -2.08. The van der Waals surface area contributed by atoms with Crippen molar-refractivity contribution in [3.05, 3.63) is 45.2 Å². The fourth-order valence-electron chi connectivity index (χ4n) is 1.85. The van der Waals surface area contributed by atoms with Crippen molar-refractivity contribution in [2.75, 3.05) is 0 Å². The Labute approximate surface area is 131 Å². The Kier molecular flexibility index (Phi) is 3.49. The summed E-state index contributed by atoms with van der Waals surface area (Å²) >= 11 is 17.6. The molecule has 2 aromatic rings. The van der Waals surface area contributed by atoms with Crippen molar-refractivity contribution in [3.63, 3.8) is 0 Å². The topological polar surface area (TPSA) is 52.0 Å². The van der Waals surface area contributed by atoms with Crippen LogP contribution in [0.15, 0.2) is 29.3 Å². The number of halogens is 3. The van der Waals surface area contributed by atoms with Crippen molar-refractivity contribution in [3.8, 4) is 0 Å². The highest BCUT2D eigenvalue weighted by atomic mass is 35.5. The van der Waals surface area contributed by atoms with Crippen molar-refractivity contribution in [2.45, 2.75) is 23.7 Å². The zero-order valence-electron chi connectivity index (χ0n) is 10.1. The first kappa shape index (κ1) is 14.2. The Bertz CT molecular complexity index is 782. The molecule has 1 aromatic heterocycles. The fraction of sp³-hybridized carbons (Fsp3) is 0.250. The van der Waals surface area contributed by atoms with Crippen LogP contribution < -0.4 is 0 Å². The molecule has 1 aliphatic carbocycles. The van der Waals surface area contributed by atoms with E-state index in [1.165, 1.54) is 18.3 Å². The summed E-state index contributed by atoms with van der Waals surface area (Å²) in [5, 5.41) is 4.46. The number of aromatic nitrogens is 2. The summed E-state index contributed by atoms with van der Waals surface area (Å²) in [4.78, 5) is -0.112. The molecule has 0 bridgehead atoms. The molecule has 0 unspecified atom stereocenters. The normalized spacial score (nSPS) is 15.6. The van der Waals surface area contributed by atoms with Gasteiger partial charge in [-0.3, -0.25) is 0 Å². The van der Waals surface area contributed by atoms with Gasteiger partial charge in [0, 0.05) is 12.1 Å². The summed E-state index contributed by atoms with van der Waals surface area (Å²) in [6.07, 6.45) is 3.51. The lowest BCUT2D eigenvalue weighted by Crippen LogP contribution is -2.14. The van der Waals surface area contributed by atoms with E-state index in [0.717, 1.165) is 22.6 Å². The highest BCUT2D eigenvalue weighted by Gasteiger charge is 2.29. The molecule has 20 heavy (non-hydrogen) atoms. The minimum Gasteiger partial charge on any atom is -0.199 e. The van der Waals surface area contributed by atoms with Gasteiger partial charge in [0.2, 0.25) is 0 Å². The molecule has 0 atom stereocenters. The molecule has 106 valence electrons. The molecule has 0 radical (unpaired) electrons. The molecule has 1 fully saturated rings. The van der Waals surface area contributed by atoms with Crippen LogP contribution in [0.25, 0.3) is 0 Å². The van der Waals surface area contributed by atoms with Crippen molar-refractivity contribution in [1.29, 1.82) is 0 Å². The van der Waals surface area contributed by atoms with Crippen molar-refractivity contribution in [2.24, 2.45) is 0 Å². The highest BCUT2D eigenvalue weighted by molar-refractivity contribution is 7.90. The van der Waals surface area contributed by atoms with Gasteiger partial charge in [0.25, 0.3) is 10.0 Å². The van der Waals surface area contributed by atoms with Gasteiger partial charge < -0.3 is 0 Å². The maximum atomic E-state index is 12.5. The van der Waals surface area contributed by atoms with E-state index in [1.807, 2.05) is 0 Å². The van der Waals surface area contributed by atoms with Crippen LogP contribution in [0.2, 0.25) is 15.1 Å². The molecular weight excluding hydrogens is 343 g/mol. The van der Waals surface area contributed by atoms with Crippen molar-refractivity contribution >= 4 is 44.8 Å². The largest absolute Gasteiger partial charge is 0.284 e. The molecular formula is C12H9Cl3N2O2S. The molecule has 1 aliphatic rings. The maximum absolute atomic E-state index is 12.5. The summed E-state index contributed by atoms with van der Waals surface area (Å²) < 4.78 is 25.9. The maximum Gasteiger partial charge on any atom is 0.284 e. The second-order valence-corrected chi connectivity index (χ2v) is 7.57. The molecule has 1 aromatic carbocycles. The first-order chi connectivity index (χ1) is 9.39. The van der Waals surface area contributed by atoms with E-state index in [2.05, 4.69) is 5.10 Å². The van der Waals surface area contributed by atoms with Gasteiger partial charge >= 0.3 is 0 Å². The first-order valence-corrected chi connectivity index (χ1v) is 8.42. The van der Waals surface area contributed by atoms with Gasteiger partial charge in [0.1, 0.15) is 4.90 Å². The second-order valence-electron chi connectivity index (χ2n) is 4.59. The monoisotopic (exact) mass is 350 g/mol. The Morgan fingerprint density at radius 3 is 2.40 bits per heavy atom. The SMILES string of the molecule is O=S(=O)(c1cc(Cl)c(Cl)cc1Cl)n1ccc(C2CC2)n1. The Morgan fingerprint density at radius 1 is 1.10 bits per heavy atom. The van der Waals surface area contributed by atoms with Crippen LogP contribution in [-0.4, -0.2) is 17.6 Å². The average molecular weight is 352 g/mol. The Hall–Kier alpha value is -0.750. The van der Waals surface area contributed by atoms with Gasteiger partial charge in [-0.05, 0) is 31.0 Å². The van der Waals surface area contributed by atoms with E-state index in [9.17, 15) is 8.42 Å². The minimum atomic E-state index is -3.86. The summed E-state index contributed by atoms with van der Waals surface area (Å²) in [6.45, 7) is 0. The van der Waals surface area contributed by atoms with E-state index < -0.39 is 10.0 Å². The zero-order chi connectivity index (χ0) is 14.5. The Morgan fingerprint density at radius 2 is 1.75 bits per heavy atom. The third-order valence-corrected chi connectivity index (χ3v) is 5.82. The van der Waals surface area contributed by atoms with E-state index in [4.69, 9.17) is 34.8 Å². The van der Waals surface area contributed by atoms with Gasteiger partial charge in [-0.1, -0.05) is 34.8 Å². The van der Waals surface area contributed by atoms with Gasteiger partial charge in [-0.25, -0.2) is 0 Å². The summed E-state index contributed by atoms with van der Waals surface area (Å²) in [5.74, 6) is 0.371. The third-order valence-electron chi connectivity index (χ3n) is 3.08. The van der Waals surface area contributed by atoms with Gasteiger partial charge in [-0.15, -0.1) is 0 Å². The fourth-order valence-corrected chi connectivity index (χ4v) is 3.95. The van der Waals surface area contributed by atoms with Gasteiger partial charge in [-0.2, -0.15) is 17.6 Å². The van der Waals surface area contributed by atoms with Crippen LogP contribution in [0, 0.1) is 0 Å². The lowest BCUT2D eigenvalue weighted by atomic mass is 10.3. The number of benzene rings is 1. The predicted octanol–water partition coefficient (Wildman–Crippen LogP) is 3.96.